The lowest BCUT2D eigenvalue weighted by Crippen LogP contribution is -2.52. The molecule has 10 nitrogen and oxygen atoms in total. The van der Waals surface area contributed by atoms with Crippen molar-refractivity contribution >= 4 is 23.5 Å². The van der Waals surface area contributed by atoms with Crippen LogP contribution in [-0.4, -0.2) is 75.2 Å². The van der Waals surface area contributed by atoms with Crippen molar-refractivity contribution in [2.24, 2.45) is 0 Å². The second kappa shape index (κ2) is 9.85. The maximum atomic E-state index is 12.9. The van der Waals surface area contributed by atoms with E-state index in [4.69, 9.17) is 9.47 Å². The highest BCUT2D eigenvalue weighted by molar-refractivity contribution is 5.81. The van der Waals surface area contributed by atoms with Crippen LogP contribution in [0.5, 0.6) is 5.75 Å². The van der Waals surface area contributed by atoms with Gasteiger partial charge in [-0.15, -0.1) is 0 Å². The lowest BCUT2D eigenvalue weighted by atomic mass is 10.1. The minimum absolute atomic E-state index is 0.0536. The molecule has 3 heterocycles. The Morgan fingerprint density at radius 2 is 1.85 bits per heavy atom. The highest BCUT2D eigenvalue weighted by atomic mass is 16.5. The summed E-state index contributed by atoms with van der Waals surface area (Å²) in [6.45, 7) is 7.94. The standard InChI is InChI=1S/C23H28N6O4/c1-4-32-20(30)14-19-16(2)26-23-24-15-25-29(23)21(19)27-10-12-28(13-11-27)22(31)17(3)33-18-8-6-5-7-9-18/h5-9,15,17H,4,10-14H2,1-3H3. The SMILES string of the molecule is CCOC(=O)Cc1c(C)nc2ncnn2c1N1CCN(C(=O)C(C)Oc2ccccc2)CC1. The van der Waals surface area contributed by atoms with Gasteiger partial charge in [0.15, 0.2) is 6.10 Å². The summed E-state index contributed by atoms with van der Waals surface area (Å²) in [5.74, 6) is 1.54. The van der Waals surface area contributed by atoms with Crippen LogP contribution in [0.4, 0.5) is 5.82 Å². The van der Waals surface area contributed by atoms with Gasteiger partial charge in [-0.25, -0.2) is 4.98 Å². The fourth-order valence-electron chi connectivity index (χ4n) is 4.01. The van der Waals surface area contributed by atoms with Crippen molar-refractivity contribution < 1.29 is 19.1 Å². The summed E-state index contributed by atoms with van der Waals surface area (Å²) < 4.78 is 12.6. The monoisotopic (exact) mass is 452 g/mol. The fraction of sp³-hybridized carbons (Fsp3) is 0.435. The third-order valence-electron chi connectivity index (χ3n) is 5.63. The van der Waals surface area contributed by atoms with Crippen LogP contribution >= 0.6 is 0 Å². The number of carbonyl (C=O) groups is 2. The van der Waals surface area contributed by atoms with E-state index < -0.39 is 6.10 Å². The minimum Gasteiger partial charge on any atom is -0.481 e. The van der Waals surface area contributed by atoms with Crippen LogP contribution in [0, 0.1) is 6.92 Å². The third kappa shape index (κ3) is 4.89. The molecule has 0 radical (unpaired) electrons. The molecule has 1 aliphatic heterocycles. The molecule has 4 rings (SSSR count). The number of aromatic nitrogens is 4. The number of benzene rings is 1. The number of aryl methyl sites for hydroxylation is 1. The molecule has 1 unspecified atom stereocenters. The van der Waals surface area contributed by atoms with E-state index in [-0.39, 0.29) is 18.3 Å². The van der Waals surface area contributed by atoms with E-state index in [2.05, 4.69) is 20.0 Å². The first kappa shape index (κ1) is 22.5. The van der Waals surface area contributed by atoms with Crippen LogP contribution < -0.4 is 9.64 Å². The molecule has 0 bridgehead atoms. The maximum absolute atomic E-state index is 12.9. The quantitative estimate of drug-likeness (QED) is 0.499. The van der Waals surface area contributed by atoms with E-state index in [1.54, 1.807) is 18.4 Å². The van der Waals surface area contributed by atoms with Gasteiger partial charge in [0.2, 0.25) is 0 Å². The molecule has 0 aliphatic carbocycles. The zero-order valence-electron chi connectivity index (χ0n) is 19.1. The molecule has 1 aliphatic rings. The largest absolute Gasteiger partial charge is 0.481 e. The van der Waals surface area contributed by atoms with Crippen molar-refractivity contribution in [1.29, 1.82) is 0 Å². The Morgan fingerprint density at radius 3 is 2.55 bits per heavy atom. The predicted octanol–water partition coefficient (Wildman–Crippen LogP) is 1.65. The number of nitrogens with zero attached hydrogens (tertiary/aromatic N) is 6. The lowest BCUT2D eigenvalue weighted by molar-refractivity contribution is -0.142. The van der Waals surface area contributed by atoms with Crippen molar-refractivity contribution in [1.82, 2.24) is 24.5 Å². The number of hydrogen-bond acceptors (Lipinski definition) is 8. The van der Waals surface area contributed by atoms with Crippen LogP contribution in [0.1, 0.15) is 25.1 Å². The molecule has 1 fully saturated rings. The first-order valence-corrected chi connectivity index (χ1v) is 11.1. The second-order valence-corrected chi connectivity index (χ2v) is 7.84. The zero-order chi connectivity index (χ0) is 23.4. The summed E-state index contributed by atoms with van der Waals surface area (Å²) in [6.07, 6.45) is 0.962. The first-order chi connectivity index (χ1) is 16.0. The van der Waals surface area contributed by atoms with E-state index in [1.165, 1.54) is 6.33 Å². The molecule has 1 atom stereocenters. The molecular weight excluding hydrogens is 424 g/mol. The van der Waals surface area contributed by atoms with Gasteiger partial charge in [-0.3, -0.25) is 9.59 Å². The molecule has 0 saturated carbocycles. The summed E-state index contributed by atoms with van der Waals surface area (Å²) >= 11 is 0. The highest BCUT2D eigenvalue weighted by Gasteiger charge is 2.29. The van der Waals surface area contributed by atoms with Crippen LogP contribution in [0.15, 0.2) is 36.7 Å². The topological polar surface area (TPSA) is 102 Å². The van der Waals surface area contributed by atoms with Crippen LogP contribution in [0.25, 0.3) is 5.78 Å². The predicted molar refractivity (Wildman–Crippen MR) is 121 cm³/mol. The number of carbonyl (C=O) groups excluding carboxylic acids is 2. The smallest absolute Gasteiger partial charge is 0.310 e. The number of ether oxygens (including phenoxy) is 2. The van der Waals surface area contributed by atoms with Gasteiger partial charge in [-0.05, 0) is 32.9 Å². The molecule has 10 heteroatoms. The Bertz CT molecular complexity index is 1120. The Labute approximate surface area is 192 Å². The van der Waals surface area contributed by atoms with E-state index in [1.807, 2.05) is 42.2 Å². The van der Waals surface area contributed by atoms with Gasteiger partial charge >= 0.3 is 5.97 Å². The van der Waals surface area contributed by atoms with Gasteiger partial charge in [-0.1, -0.05) is 18.2 Å². The number of para-hydroxylation sites is 1. The Morgan fingerprint density at radius 1 is 1.12 bits per heavy atom. The minimum atomic E-state index is -0.580. The summed E-state index contributed by atoms with van der Waals surface area (Å²) in [6, 6.07) is 9.33. The molecular formula is C23H28N6O4. The Balaban J connectivity index is 1.50. The molecule has 174 valence electrons. The number of esters is 1. The van der Waals surface area contributed by atoms with Gasteiger partial charge in [0.05, 0.1) is 13.0 Å². The van der Waals surface area contributed by atoms with Gasteiger partial charge in [-0.2, -0.15) is 14.6 Å². The van der Waals surface area contributed by atoms with Crippen molar-refractivity contribution in [3.05, 3.63) is 47.9 Å². The van der Waals surface area contributed by atoms with E-state index >= 15 is 0 Å². The Kier molecular flexibility index (Phi) is 6.71. The molecule has 0 spiro atoms. The zero-order valence-corrected chi connectivity index (χ0v) is 19.1. The molecule has 33 heavy (non-hydrogen) atoms. The van der Waals surface area contributed by atoms with Crippen molar-refractivity contribution in [2.45, 2.75) is 33.3 Å². The van der Waals surface area contributed by atoms with Crippen LogP contribution in [0.2, 0.25) is 0 Å². The lowest BCUT2D eigenvalue weighted by Gasteiger charge is -2.37. The normalized spacial score (nSPS) is 14.9. The second-order valence-electron chi connectivity index (χ2n) is 7.84. The summed E-state index contributed by atoms with van der Waals surface area (Å²) in [5, 5.41) is 4.33. The van der Waals surface area contributed by atoms with Crippen molar-refractivity contribution in [2.75, 3.05) is 37.7 Å². The van der Waals surface area contributed by atoms with Crippen LogP contribution in [-0.2, 0) is 20.7 Å². The average molecular weight is 453 g/mol. The van der Waals surface area contributed by atoms with E-state index in [0.717, 1.165) is 11.4 Å². The summed E-state index contributed by atoms with van der Waals surface area (Å²) in [4.78, 5) is 37.8. The molecule has 2 aromatic heterocycles. The van der Waals surface area contributed by atoms with Crippen molar-refractivity contribution in [3.63, 3.8) is 0 Å². The number of anilines is 1. The van der Waals surface area contributed by atoms with E-state index in [9.17, 15) is 9.59 Å². The maximum Gasteiger partial charge on any atom is 0.310 e. The first-order valence-electron chi connectivity index (χ1n) is 11.1. The number of hydrogen-bond donors (Lipinski definition) is 0. The fourth-order valence-corrected chi connectivity index (χ4v) is 4.01. The number of amides is 1. The molecule has 3 aromatic rings. The van der Waals surface area contributed by atoms with E-state index in [0.29, 0.717) is 50.0 Å². The number of fused-ring (bicyclic) bond motifs is 1. The molecule has 1 amide bonds. The highest BCUT2D eigenvalue weighted by Crippen LogP contribution is 2.26. The Hall–Kier alpha value is -3.69. The molecule has 1 aromatic carbocycles. The van der Waals surface area contributed by atoms with Gasteiger partial charge in [0.1, 0.15) is 17.9 Å². The number of rotatable bonds is 7. The van der Waals surface area contributed by atoms with Gasteiger partial charge in [0, 0.05) is 37.4 Å². The third-order valence-corrected chi connectivity index (χ3v) is 5.63. The van der Waals surface area contributed by atoms with Gasteiger partial charge in [0.25, 0.3) is 11.7 Å². The average Bonchev–Trinajstić information content (AvgIpc) is 3.28. The summed E-state index contributed by atoms with van der Waals surface area (Å²) in [5.41, 5.74) is 1.47. The molecule has 0 N–H and O–H groups in total. The van der Waals surface area contributed by atoms with Crippen molar-refractivity contribution in [3.8, 4) is 5.75 Å². The van der Waals surface area contributed by atoms with Gasteiger partial charge < -0.3 is 19.3 Å². The number of piperazine rings is 1. The summed E-state index contributed by atoms with van der Waals surface area (Å²) in [7, 11) is 0. The molecule has 1 saturated heterocycles. The van der Waals surface area contributed by atoms with Crippen LogP contribution in [0.3, 0.4) is 0 Å².